The Morgan fingerprint density at radius 3 is 2.68 bits per heavy atom. The molecule has 0 radical (unpaired) electrons. The Morgan fingerprint density at radius 1 is 1.37 bits per heavy atom. The van der Waals surface area contributed by atoms with Crippen LogP contribution in [0.15, 0.2) is 29.3 Å². The Morgan fingerprint density at radius 2 is 2.11 bits per heavy atom. The zero-order chi connectivity index (χ0) is 13.9. The molecule has 0 atom stereocenters. The molecule has 104 valence electrons. The van der Waals surface area contributed by atoms with Crippen LogP contribution in [0, 0.1) is 0 Å². The quantitative estimate of drug-likeness (QED) is 0.340. The minimum absolute atomic E-state index is 0.142. The number of hydrazine groups is 1. The van der Waals surface area contributed by atoms with E-state index >= 15 is 0 Å². The second kappa shape index (κ2) is 5.48. The van der Waals surface area contributed by atoms with Crippen LogP contribution in [0.2, 0.25) is 0 Å². The van der Waals surface area contributed by atoms with Gasteiger partial charge in [0.25, 0.3) is 0 Å². The molecule has 19 heavy (non-hydrogen) atoms. The van der Waals surface area contributed by atoms with Gasteiger partial charge in [0.1, 0.15) is 0 Å². The molecule has 2 rings (SSSR count). The van der Waals surface area contributed by atoms with E-state index in [4.69, 9.17) is 5.84 Å². The highest BCUT2D eigenvalue weighted by Crippen LogP contribution is 2.29. The summed E-state index contributed by atoms with van der Waals surface area (Å²) in [5, 5.41) is 3.05. The van der Waals surface area contributed by atoms with E-state index in [-0.39, 0.29) is 6.54 Å². The first kappa shape index (κ1) is 13.7. The van der Waals surface area contributed by atoms with Gasteiger partial charge in [-0.05, 0) is 30.5 Å². The predicted octanol–water partition coefficient (Wildman–Crippen LogP) is 1.78. The van der Waals surface area contributed by atoms with Crippen molar-refractivity contribution in [3.63, 3.8) is 0 Å². The number of nitrogens with zero attached hydrogens (tertiary/aromatic N) is 1. The summed E-state index contributed by atoms with van der Waals surface area (Å²) in [5.74, 6) is 5.69. The summed E-state index contributed by atoms with van der Waals surface area (Å²) < 4.78 is 37.6. The van der Waals surface area contributed by atoms with Crippen molar-refractivity contribution in [2.45, 2.75) is 31.6 Å². The van der Waals surface area contributed by atoms with Crippen molar-refractivity contribution in [3.05, 3.63) is 35.4 Å². The first-order valence-corrected chi connectivity index (χ1v) is 5.93. The van der Waals surface area contributed by atoms with Crippen molar-refractivity contribution in [3.8, 4) is 0 Å². The van der Waals surface area contributed by atoms with E-state index in [1.807, 2.05) is 0 Å². The van der Waals surface area contributed by atoms with Gasteiger partial charge in [0.2, 0.25) is 5.96 Å². The summed E-state index contributed by atoms with van der Waals surface area (Å²) in [6.07, 6.45) is -2.21. The fourth-order valence-corrected chi connectivity index (χ4v) is 1.57. The maximum absolute atomic E-state index is 12.5. The smallest absolute Gasteiger partial charge is 0.353 e. The molecule has 1 saturated carbocycles. The van der Waals surface area contributed by atoms with Gasteiger partial charge in [0.15, 0.2) is 0 Å². The summed E-state index contributed by atoms with van der Waals surface area (Å²) in [7, 11) is 0. The van der Waals surface area contributed by atoms with Gasteiger partial charge in [0.05, 0.1) is 12.1 Å². The van der Waals surface area contributed by atoms with Crippen LogP contribution >= 0.6 is 0 Å². The van der Waals surface area contributed by atoms with Gasteiger partial charge in [-0.3, -0.25) is 5.43 Å². The Bertz CT molecular complexity index is 466. The van der Waals surface area contributed by atoms with Gasteiger partial charge in [-0.1, -0.05) is 12.1 Å². The molecule has 0 unspecified atom stereocenters. The van der Waals surface area contributed by atoms with Crippen LogP contribution in [0.25, 0.3) is 0 Å². The van der Waals surface area contributed by atoms with Crippen molar-refractivity contribution in [2.75, 3.05) is 0 Å². The average molecular weight is 272 g/mol. The van der Waals surface area contributed by atoms with Gasteiger partial charge < -0.3 is 5.32 Å². The maximum atomic E-state index is 12.5. The molecule has 0 bridgehead atoms. The molecule has 0 spiro atoms. The molecule has 1 aliphatic carbocycles. The van der Waals surface area contributed by atoms with E-state index in [0.717, 1.165) is 25.0 Å². The van der Waals surface area contributed by atoms with Crippen LogP contribution < -0.4 is 16.6 Å². The Labute approximate surface area is 108 Å². The highest BCUT2D eigenvalue weighted by molar-refractivity contribution is 5.79. The number of benzene rings is 1. The van der Waals surface area contributed by atoms with E-state index in [1.165, 1.54) is 6.07 Å². The highest BCUT2D eigenvalue weighted by atomic mass is 19.4. The van der Waals surface area contributed by atoms with E-state index in [1.54, 1.807) is 6.07 Å². The number of rotatable bonds is 3. The number of nitrogens with two attached hydrogens (primary N) is 1. The molecule has 1 fully saturated rings. The Hall–Kier alpha value is -1.76. The molecule has 0 heterocycles. The lowest BCUT2D eigenvalue weighted by Gasteiger charge is -2.09. The molecule has 0 aliphatic heterocycles. The van der Waals surface area contributed by atoms with Crippen molar-refractivity contribution in [1.82, 2.24) is 10.7 Å². The van der Waals surface area contributed by atoms with E-state index < -0.39 is 11.7 Å². The maximum Gasteiger partial charge on any atom is 0.416 e. The molecule has 0 saturated heterocycles. The predicted molar refractivity (Wildman–Crippen MR) is 66.1 cm³/mol. The molecular formula is C12H15F3N4. The lowest BCUT2D eigenvalue weighted by atomic mass is 10.1. The number of nitrogens with one attached hydrogen (secondary N) is 2. The third-order valence-electron chi connectivity index (χ3n) is 2.73. The third-order valence-corrected chi connectivity index (χ3v) is 2.73. The monoisotopic (exact) mass is 272 g/mol. The minimum Gasteiger partial charge on any atom is -0.353 e. The standard InChI is InChI=1S/C12H15F3N4/c13-12(14,15)9-3-1-2-8(6-9)7-17-11(19-16)18-10-4-5-10/h1-3,6,10H,4-5,7,16H2,(H2,17,18,19). The lowest BCUT2D eigenvalue weighted by Crippen LogP contribution is -2.42. The summed E-state index contributed by atoms with van der Waals surface area (Å²) in [5.41, 5.74) is 2.22. The number of guanidine groups is 1. The summed E-state index contributed by atoms with van der Waals surface area (Å²) in [6, 6.07) is 5.48. The van der Waals surface area contributed by atoms with Crippen LogP contribution in [0.1, 0.15) is 24.0 Å². The second-order valence-corrected chi connectivity index (χ2v) is 4.43. The molecule has 4 N–H and O–H groups in total. The molecule has 1 aromatic rings. The molecule has 0 amide bonds. The van der Waals surface area contributed by atoms with E-state index in [2.05, 4.69) is 15.7 Å². The molecule has 4 nitrogen and oxygen atoms in total. The second-order valence-electron chi connectivity index (χ2n) is 4.43. The summed E-state index contributed by atoms with van der Waals surface area (Å²) >= 11 is 0. The van der Waals surface area contributed by atoms with Crippen LogP contribution in [0.3, 0.4) is 0 Å². The van der Waals surface area contributed by atoms with Crippen molar-refractivity contribution in [1.29, 1.82) is 0 Å². The minimum atomic E-state index is -4.33. The molecule has 7 heteroatoms. The number of hydrogen-bond acceptors (Lipinski definition) is 2. The van der Waals surface area contributed by atoms with Crippen molar-refractivity contribution >= 4 is 5.96 Å². The van der Waals surface area contributed by atoms with E-state index in [0.29, 0.717) is 17.6 Å². The molecular weight excluding hydrogens is 257 g/mol. The molecule has 0 aromatic heterocycles. The van der Waals surface area contributed by atoms with Crippen LogP contribution in [-0.2, 0) is 12.7 Å². The fraction of sp³-hybridized carbons (Fsp3) is 0.417. The van der Waals surface area contributed by atoms with Crippen molar-refractivity contribution < 1.29 is 13.2 Å². The largest absolute Gasteiger partial charge is 0.416 e. The Kier molecular flexibility index (Phi) is 3.94. The van der Waals surface area contributed by atoms with Gasteiger partial charge in [-0.25, -0.2) is 10.8 Å². The lowest BCUT2D eigenvalue weighted by molar-refractivity contribution is -0.137. The van der Waals surface area contributed by atoms with Gasteiger partial charge >= 0.3 is 6.18 Å². The topological polar surface area (TPSA) is 62.4 Å². The van der Waals surface area contributed by atoms with Crippen molar-refractivity contribution in [2.24, 2.45) is 10.8 Å². The Balaban J connectivity index is 2.03. The highest BCUT2D eigenvalue weighted by Gasteiger charge is 2.30. The SMILES string of the molecule is NNC(=NCc1cccc(C(F)(F)F)c1)NC1CC1. The first-order valence-electron chi connectivity index (χ1n) is 5.93. The number of hydrogen-bond donors (Lipinski definition) is 3. The normalized spacial score (nSPS) is 16.3. The van der Waals surface area contributed by atoms with Gasteiger partial charge in [-0.15, -0.1) is 0 Å². The van der Waals surface area contributed by atoms with Crippen LogP contribution in [-0.4, -0.2) is 12.0 Å². The fourth-order valence-electron chi connectivity index (χ4n) is 1.57. The number of alkyl halides is 3. The zero-order valence-electron chi connectivity index (χ0n) is 10.2. The zero-order valence-corrected chi connectivity index (χ0v) is 10.2. The van der Waals surface area contributed by atoms with Gasteiger partial charge in [0, 0.05) is 6.04 Å². The average Bonchev–Trinajstić information content (AvgIpc) is 3.17. The first-order chi connectivity index (χ1) is 8.99. The summed E-state index contributed by atoms with van der Waals surface area (Å²) in [6.45, 7) is 0.142. The van der Waals surface area contributed by atoms with Crippen LogP contribution in [0.5, 0.6) is 0 Å². The van der Waals surface area contributed by atoms with Crippen LogP contribution in [0.4, 0.5) is 13.2 Å². The number of aliphatic imine (C=N–C) groups is 1. The molecule has 1 aliphatic rings. The number of halogens is 3. The van der Waals surface area contributed by atoms with Gasteiger partial charge in [-0.2, -0.15) is 13.2 Å². The molecule has 1 aromatic carbocycles. The third kappa shape index (κ3) is 4.13. The summed E-state index contributed by atoms with van der Waals surface area (Å²) in [4.78, 5) is 4.12. The van der Waals surface area contributed by atoms with E-state index in [9.17, 15) is 13.2 Å².